The van der Waals surface area contributed by atoms with Gasteiger partial charge in [0, 0.05) is 29.5 Å². The Bertz CT molecular complexity index is 747. The molecule has 1 N–H and O–H groups in total. The number of ether oxygens (including phenoxy) is 2. The van der Waals surface area contributed by atoms with Crippen LogP contribution in [0.3, 0.4) is 0 Å². The van der Waals surface area contributed by atoms with E-state index in [0.717, 1.165) is 43.5 Å². The highest BCUT2D eigenvalue weighted by atomic mass is 16.6. The summed E-state index contributed by atoms with van der Waals surface area (Å²) < 4.78 is 12.2. The second kappa shape index (κ2) is 5.21. The zero-order valence-electron chi connectivity index (χ0n) is 14.8. The highest BCUT2D eigenvalue weighted by Crippen LogP contribution is 2.63. The normalized spacial score (nSPS) is 38.0. The van der Waals surface area contributed by atoms with Gasteiger partial charge < -0.3 is 19.5 Å². The molecule has 134 valence electrons. The van der Waals surface area contributed by atoms with Crippen molar-refractivity contribution in [3.63, 3.8) is 0 Å². The fourth-order valence-corrected chi connectivity index (χ4v) is 6.22. The minimum absolute atomic E-state index is 0.0162. The van der Waals surface area contributed by atoms with E-state index in [2.05, 4.69) is 18.0 Å². The zero-order valence-corrected chi connectivity index (χ0v) is 14.8. The number of likely N-dealkylation sites (N-methyl/N-ethyl adjacent to an activating group) is 1. The number of likely N-dealkylation sites (tertiary alicyclic amines) is 1. The number of nitrogens with zero attached hydrogens (tertiary/aromatic N) is 1. The molecule has 0 aromatic heterocycles. The lowest BCUT2D eigenvalue weighted by Crippen LogP contribution is -2.66. The van der Waals surface area contributed by atoms with Crippen molar-refractivity contribution in [1.82, 2.24) is 4.90 Å². The molecule has 5 atom stereocenters. The summed E-state index contributed by atoms with van der Waals surface area (Å²) in [6, 6.07) is 4.70. The summed E-state index contributed by atoms with van der Waals surface area (Å²) in [4.78, 5) is 14.2. The third kappa shape index (κ3) is 1.88. The Kier molecular flexibility index (Phi) is 3.26. The quantitative estimate of drug-likeness (QED) is 0.830. The van der Waals surface area contributed by atoms with Crippen LogP contribution in [0.15, 0.2) is 12.1 Å². The Morgan fingerprint density at radius 3 is 3.04 bits per heavy atom. The number of hydrogen-bond acceptors (Lipinski definition) is 5. The molecule has 1 aromatic rings. The van der Waals surface area contributed by atoms with Crippen LogP contribution in [0.1, 0.15) is 42.9 Å². The van der Waals surface area contributed by atoms with Crippen molar-refractivity contribution < 1.29 is 19.4 Å². The molecule has 2 bridgehead atoms. The van der Waals surface area contributed by atoms with E-state index in [0.29, 0.717) is 12.0 Å². The molecule has 1 saturated carbocycles. The van der Waals surface area contributed by atoms with Crippen molar-refractivity contribution >= 4 is 5.97 Å². The number of piperidine rings is 1. The maximum atomic E-state index is 11.7. The minimum Gasteiger partial charge on any atom is -0.485 e. The Labute approximate surface area is 147 Å². The van der Waals surface area contributed by atoms with Crippen LogP contribution >= 0.6 is 0 Å². The monoisotopic (exact) mass is 343 g/mol. The van der Waals surface area contributed by atoms with E-state index < -0.39 is 0 Å². The Morgan fingerprint density at radius 2 is 2.28 bits per heavy atom. The molecule has 0 radical (unpaired) electrons. The molecule has 4 unspecified atom stereocenters. The number of esters is 1. The maximum absolute atomic E-state index is 11.7. The lowest BCUT2D eigenvalue weighted by atomic mass is 9.51. The third-order valence-corrected chi connectivity index (χ3v) is 7.13. The SMILES string of the molecule is CC(=O)OC1CCC2C3Cc4ccc(CO)c5c4[C@]2(CCN3C)C1O5. The molecule has 2 heterocycles. The predicted molar refractivity (Wildman–Crippen MR) is 91.5 cm³/mol. The first-order chi connectivity index (χ1) is 12.1. The zero-order chi connectivity index (χ0) is 17.3. The molecule has 1 spiro atoms. The van der Waals surface area contributed by atoms with E-state index in [1.807, 2.05) is 6.07 Å². The van der Waals surface area contributed by atoms with E-state index in [-0.39, 0.29) is 30.2 Å². The number of aliphatic hydroxyl groups is 1. The van der Waals surface area contributed by atoms with E-state index in [1.165, 1.54) is 18.1 Å². The third-order valence-electron chi connectivity index (χ3n) is 7.13. The van der Waals surface area contributed by atoms with Gasteiger partial charge in [0.15, 0.2) is 0 Å². The van der Waals surface area contributed by atoms with Crippen LogP contribution in [0, 0.1) is 5.92 Å². The van der Waals surface area contributed by atoms with Crippen molar-refractivity contribution in [2.24, 2.45) is 5.92 Å². The van der Waals surface area contributed by atoms with Gasteiger partial charge in [0.1, 0.15) is 18.0 Å². The average Bonchev–Trinajstić information content (AvgIpc) is 2.94. The lowest BCUT2D eigenvalue weighted by molar-refractivity contribution is -0.163. The number of aliphatic hydroxyl groups excluding tert-OH is 1. The molecule has 2 fully saturated rings. The highest BCUT2D eigenvalue weighted by molar-refractivity contribution is 5.66. The minimum atomic E-state index is -0.234. The molecular weight excluding hydrogens is 318 g/mol. The molecule has 25 heavy (non-hydrogen) atoms. The van der Waals surface area contributed by atoms with Gasteiger partial charge in [-0.1, -0.05) is 12.1 Å². The van der Waals surface area contributed by atoms with Crippen LogP contribution in [0.2, 0.25) is 0 Å². The average molecular weight is 343 g/mol. The molecule has 5 heteroatoms. The second-order valence-corrected chi connectivity index (χ2v) is 8.16. The van der Waals surface area contributed by atoms with Gasteiger partial charge in [-0.2, -0.15) is 0 Å². The van der Waals surface area contributed by atoms with E-state index in [4.69, 9.17) is 9.47 Å². The molecular formula is C20H25NO4. The van der Waals surface area contributed by atoms with Crippen molar-refractivity contribution in [3.05, 3.63) is 28.8 Å². The largest absolute Gasteiger partial charge is 0.485 e. The summed E-state index contributed by atoms with van der Waals surface area (Å²) in [5.41, 5.74) is 3.46. The summed E-state index contributed by atoms with van der Waals surface area (Å²) in [7, 11) is 2.23. The van der Waals surface area contributed by atoms with Crippen LogP contribution in [0.4, 0.5) is 0 Å². The fourth-order valence-electron chi connectivity index (χ4n) is 6.22. The van der Waals surface area contributed by atoms with Crippen molar-refractivity contribution in [3.8, 4) is 5.75 Å². The summed E-state index contributed by atoms with van der Waals surface area (Å²) >= 11 is 0. The van der Waals surface area contributed by atoms with Crippen LogP contribution < -0.4 is 4.74 Å². The first-order valence-electron chi connectivity index (χ1n) is 9.36. The summed E-state index contributed by atoms with van der Waals surface area (Å²) in [5, 5.41) is 9.81. The van der Waals surface area contributed by atoms with Crippen molar-refractivity contribution in [2.75, 3.05) is 13.6 Å². The van der Waals surface area contributed by atoms with Gasteiger partial charge in [0.2, 0.25) is 0 Å². The van der Waals surface area contributed by atoms with Crippen LogP contribution in [-0.2, 0) is 28.0 Å². The summed E-state index contributed by atoms with van der Waals surface area (Å²) in [6.07, 6.45) is 3.69. The molecule has 4 aliphatic rings. The Morgan fingerprint density at radius 1 is 1.44 bits per heavy atom. The number of carbonyl (C=O) groups excluding carboxylic acids is 1. The van der Waals surface area contributed by atoms with Gasteiger partial charge in [-0.05, 0) is 50.8 Å². The van der Waals surface area contributed by atoms with Gasteiger partial charge in [-0.25, -0.2) is 0 Å². The molecule has 1 aromatic carbocycles. The van der Waals surface area contributed by atoms with Crippen molar-refractivity contribution in [1.29, 1.82) is 0 Å². The fraction of sp³-hybridized carbons (Fsp3) is 0.650. The van der Waals surface area contributed by atoms with Gasteiger partial charge in [-0.15, -0.1) is 0 Å². The molecule has 5 nitrogen and oxygen atoms in total. The van der Waals surface area contributed by atoms with E-state index in [1.54, 1.807) is 0 Å². The molecule has 0 amide bonds. The van der Waals surface area contributed by atoms with Gasteiger partial charge in [-0.3, -0.25) is 4.79 Å². The number of hydrogen-bond donors (Lipinski definition) is 1. The van der Waals surface area contributed by atoms with Gasteiger partial charge >= 0.3 is 5.97 Å². The molecule has 1 saturated heterocycles. The Hall–Kier alpha value is -1.59. The lowest BCUT2D eigenvalue weighted by Gasteiger charge is -2.58. The van der Waals surface area contributed by atoms with Crippen LogP contribution in [0.25, 0.3) is 0 Å². The summed E-state index contributed by atoms with van der Waals surface area (Å²) in [6.45, 7) is 2.50. The number of carbonyl (C=O) groups is 1. The highest BCUT2D eigenvalue weighted by Gasteiger charge is 2.65. The van der Waals surface area contributed by atoms with E-state index >= 15 is 0 Å². The first kappa shape index (κ1) is 15.6. The number of rotatable bonds is 2. The maximum Gasteiger partial charge on any atom is 0.303 e. The van der Waals surface area contributed by atoms with E-state index in [9.17, 15) is 9.90 Å². The summed E-state index contributed by atoms with van der Waals surface area (Å²) in [5.74, 6) is 1.17. The second-order valence-electron chi connectivity index (χ2n) is 8.16. The van der Waals surface area contributed by atoms with Gasteiger partial charge in [0.25, 0.3) is 0 Å². The van der Waals surface area contributed by atoms with Crippen molar-refractivity contribution in [2.45, 2.75) is 62.9 Å². The standard InChI is InChI=1S/C20H25NO4/c1-11(23)24-16-6-5-14-15-9-12-3-4-13(10-22)18-17(12)20(14,19(16)25-18)7-8-21(15)2/h3-4,14-16,19,22H,5-10H2,1-2H3/t14?,15?,16?,19?,20-/m1/s1. The molecule has 2 aliphatic heterocycles. The number of benzene rings is 1. The van der Waals surface area contributed by atoms with Crippen LogP contribution in [0.5, 0.6) is 5.75 Å². The first-order valence-corrected chi connectivity index (χ1v) is 9.36. The molecule has 5 rings (SSSR count). The smallest absolute Gasteiger partial charge is 0.303 e. The van der Waals surface area contributed by atoms with Crippen LogP contribution in [-0.4, -0.2) is 47.8 Å². The topological polar surface area (TPSA) is 59.0 Å². The van der Waals surface area contributed by atoms with Gasteiger partial charge in [0.05, 0.1) is 6.61 Å². The molecule has 2 aliphatic carbocycles. The Balaban J connectivity index is 1.71. The predicted octanol–water partition coefficient (Wildman–Crippen LogP) is 1.78.